The molecule has 0 saturated heterocycles. The molecule has 3 heteroatoms. The third-order valence-electron chi connectivity index (χ3n) is 6.44. The number of hydrogen-bond acceptors (Lipinski definition) is 3. The van der Waals surface area contributed by atoms with E-state index in [0.29, 0.717) is 0 Å². The molecule has 34 heavy (non-hydrogen) atoms. The Morgan fingerprint density at radius 2 is 1.06 bits per heavy atom. The Bertz CT molecular complexity index is 1870. The van der Waals surface area contributed by atoms with E-state index in [4.69, 9.17) is 9.97 Å². The van der Waals surface area contributed by atoms with Crippen LogP contribution in [0.1, 0.15) is 0 Å². The zero-order chi connectivity index (χ0) is 22.5. The van der Waals surface area contributed by atoms with Gasteiger partial charge in [-0.3, -0.25) is 4.98 Å². The van der Waals surface area contributed by atoms with Crippen LogP contribution in [-0.4, -0.2) is 15.0 Å². The molecule has 0 aliphatic rings. The smallest absolute Gasteiger partial charge is 0.0972 e. The topological polar surface area (TPSA) is 38.7 Å². The van der Waals surface area contributed by atoms with Crippen molar-refractivity contribution in [2.45, 2.75) is 0 Å². The Morgan fingerprint density at radius 3 is 1.88 bits per heavy atom. The number of benzene rings is 4. The van der Waals surface area contributed by atoms with Gasteiger partial charge in [0, 0.05) is 33.5 Å². The highest BCUT2D eigenvalue weighted by Crippen LogP contribution is 2.30. The molecule has 0 saturated carbocycles. The summed E-state index contributed by atoms with van der Waals surface area (Å²) in [6.45, 7) is 0. The van der Waals surface area contributed by atoms with Crippen molar-refractivity contribution in [3.05, 3.63) is 115 Å². The minimum Gasteiger partial charge on any atom is -0.254 e. The Hall–Kier alpha value is -4.63. The Labute approximate surface area is 196 Å². The molecule has 7 aromatic rings. The van der Waals surface area contributed by atoms with Crippen LogP contribution >= 0.6 is 0 Å². The molecule has 0 N–H and O–H groups in total. The van der Waals surface area contributed by atoms with Crippen molar-refractivity contribution in [1.82, 2.24) is 15.0 Å². The van der Waals surface area contributed by atoms with Crippen LogP contribution in [0.3, 0.4) is 0 Å². The van der Waals surface area contributed by atoms with E-state index in [9.17, 15) is 0 Å². The van der Waals surface area contributed by atoms with Gasteiger partial charge in [-0.05, 0) is 47.2 Å². The molecule has 0 bridgehead atoms. The third-order valence-corrected chi connectivity index (χ3v) is 6.44. The van der Waals surface area contributed by atoms with E-state index in [1.165, 1.54) is 10.8 Å². The van der Waals surface area contributed by atoms with Crippen LogP contribution in [0.2, 0.25) is 0 Å². The van der Waals surface area contributed by atoms with Crippen LogP contribution in [0.4, 0.5) is 0 Å². The number of hydrogen-bond donors (Lipinski definition) is 0. The fourth-order valence-electron chi connectivity index (χ4n) is 4.70. The maximum absolute atomic E-state index is 5.01. The van der Waals surface area contributed by atoms with Crippen molar-refractivity contribution >= 4 is 43.5 Å². The highest BCUT2D eigenvalue weighted by Gasteiger charge is 2.09. The second-order valence-corrected chi connectivity index (χ2v) is 8.58. The van der Waals surface area contributed by atoms with Gasteiger partial charge < -0.3 is 0 Å². The van der Waals surface area contributed by atoms with E-state index in [-0.39, 0.29) is 0 Å². The number of aromatic nitrogens is 3. The summed E-state index contributed by atoms with van der Waals surface area (Å²) >= 11 is 0. The summed E-state index contributed by atoms with van der Waals surface area (Å²) in [5.41, 5.74) is 6.89. The monoisotopic (exact) mass is 433 g/mol. The van der Waals surface area contributed by atoms with E-state index < -0.39 is 0 Å². The summed E-state index contributed by atoms with van der Waals surface area (Å²) in [5, 5.41) is 5.77. The lowest BCUT2D eigenvalue weighted by Gasteiger charge is -2.09. The zero-order valence-corrected chi connectivity index (χ0v) is 18.3. The molecule has 3 heterocycles. The summed E-state index contributed by atoms with van der Waals surface area (Å²) in [6.07, 6.45) is 1.82. The van der Waals surface area contributed by atoms with Crippen LogP contribution in [0.25, 0.3) is 66.0 Å². The molecular formula is C31H19N3. The molecule has 158 valence electrons. The summed E-state index contributed by atoms with van der Waals surface area (Å²) in [7, 11) is 0. The summed E-state index contributed by atoms with van der Waals surface area (Å²) in [6, 6.07) is 37.9. The normalized spacial score (nSPS) is 11.5. The van der Waals surface area contributed by atoms with Gasteiger partial charge in [0.2, 0.25) is 0 Å². The fraction of sp³-hybridized carbons (Fsp3) is 0. The van der Waals surface area contributed by atoms with E-state index in [2.05, 4.69) is 108 Å². The molecule has 3 nitrogen and oxygen atoms in total. The highest BCUT2D eigenvalue weighted by atomic mass is 14.8. The van der Waals surface area contributed by atoms with Gasteiger partial charge in [0.05, 0.1) is 27.9 Å². The molecule has 3 aromatic heterocycles. The zero-order valence-electron chi connectivity index (χ0n) is 18.3. The Morgan fingerprint density at radius 1 is 0.412 bits per heavy atom. The first-order valence-corrected chi connectivity index (χ1v) is 11.4. The maximum Gasteiger partial charge on any atom is 0.0972 e. The first kappa shape index (κ1) is 18.9. The molecule has 0 atom stereocenters. The highest BCUT2D eigenvalue weighted by molar-refractivity contribution is 6.03. The Balaban J connectivity index is 1.35. The lowest BCUT2D eigenvalue weighted by atomic mass is 10.0. The molecule has 0 radical (unpaired) electrons. The van der Waals surface area contributed by atoms with Crippen molar-refractivity contribution in [2.24, 2.45) is 0 Å². The minimum absolute atomic E-state index is 0.928. The van der Waals surface area contributed by atoms with Gasteiger partial charge in [0.1, 0.15) is 0 Å². The standard InChI is InChI=1S/C31H19N3/c1-2-6-23-19-29-26(17-22(23)5-1)13-15-27(33-29)24-7-3-8-25(18-24)28-14-12-21-11-10-20-9-4-16-32-30(20)31(21)34-28/h1-19H. The Kier molecular flexibility index (Phi) is 4.15. The molecule has 0 fully saturated rings. The second kappa shape index (κ2) is 7.46. The summed E-state index contributed by atoms with van der Waals surface area (Å²) in [5.74, 6) is 0. The number of fused-ring (bicyclic) bond motifs is 5. The van der Waals surface area contributed by atoms with E-state index in [1.54, 1.807) is 0 Å². The first-order valence-electron chi connectivity index (χ1n) is 11.4. The minimum atomic E-state index is 0.928. The van der Waals surface area contributed by atoms with E-state index in [1.807, 2.05) is 12.3 Å². The van der Waals surface area contributed by atoms with Crippen molar-refractivity contribution in [3.63, 3.8) is 0 Å². The van der Waals surface area contributed by atoms with Gasteiger partial charge in [0.25, 0.3) is 0 Å². The molecule has 0 unspecified atom stereocenters. The van der Waals surface area contributed by atoms with Gasteiger partial charge >= 0.3 is 0 Å². The number of rotatable bonds is 2. The molecule has 0 spiro atoms. The molecule has 7 rings (SSSR count). The summed E-state index contributed by atoms with van der Waals surface area (Å²) < 4.78 is 0. The molecular weight excluding hydrogens is 414 g/mol. The predicted octanol–water partition coefficient (Wildman–Crippen LogP) is 7.82. The van der Waals surface area contributed by atoms with E-state index >= 15 is 0 Å². The molecule has 0 aliphatic heterocycles. The van der Waals surface area contributed by atoms with Crippen LogP contribution in [0, 0.1) is 0 Å². The molecule has 0 amide bonds. The predicted molar refractivity (Wildman–Crippen MR) is 141 cm³/mol. The largest absolute Gasteiger partial charge is 0.254 e. The first-order chi connectivity index (χ1) is 16.8. The third kappa shape index (κ3) is 3.10. The van der Waals surface area contributed by atoms with Crippen molar-refractivity contribution in [1.29, 1.82) is 0 Å². The molecule has 0 aliphatic carbocycles. The van der Waals surface area contributed by atoms with E-state index in [0.717, 1.165) is 55.2 Å². The van der Waals surface area contributed by atoms with Crippen LogP contribution in [0.15, 0.2) is 115 Å². The maximum atomic E-state index is 5.01. The van der Waals surface area contributed by atoms with Crippen molar-refractivity contribution in [3.8, 4) is 22.5 Å². The van der Waals surface area contributed by atoms with Crippen LogP contribution < -0.4 is 0 Å². The second-order valence-electron chi connectivity index (χ2n) is 8.58. The van der Waals surface area contributed by atoms with Gasteiger partial charge in [-0.25, -0.2) is 9.97 Å². The number of nitrogens with zero attached hydrogens (tertiary/aromatic N) is 3. The average Bonchev–Trinajstić information content (AvgIpc) is 2.91. The van der Waals surface area contributed by atoms with Gasteiger partial charge in [-0.15, -0.1) is 0 Å². The number of pyridine rings is 3. The SMILES string of the molecule is c1cc(-c2ccc3cc4ccccc4cc3n2)cc(-c2ccc3ccc4cccnc4c3n2)c1. The fourth-order valence-corrected chi connectivity index (χ4v) is 4.70. The van der Waals surface area contributed by atoms with Crippen LogP contribution in [-0.2, 0) is 0 Å². The molecule has 4 aromatic carbocycles. The summed E-state index contributed by atoms with van der Waals surface area (Å²) in [4.78, 5) is 14.6. The van der Waals surface area contributed by atoms with Crippen molar-refractivity contribution < 1.29 is 0 Å². The van der Waals surface area contributed by atoms with Gasteiger partial charge in [0.15, 0.2) is 0 Å². The van der Waals surface area contributed by atoms with Gasteiger partial charge in [-0.2, -0.15) is 0 Å². The van der Waals surface area contributed by atoms with Crippen molar-refractivity contribution in [2.75, 3.05) is 0 Å². The van der Waals surface area contributed by atoms with Gasteiger partial charge in [-0.1, -0.05) is 72.8 Å². The quantitative estimate of drug-likeness (QED) is 0.206. The van der Waals surface area contributed by atoms with Crippen LogP contribution in [0.5, 0.6) is 0 Å². The lowest BCUT2D eigenvalue weighted by Crippen LogP contribution is -1.90. The average molecular weight is 434 g/mol. The lowest BCUT2D eigenvalue weighted by molar-refractivity contribution is 1.36.